The largest absolute Gasteiger partial charge is 0.394 e. The van der Waals surface area contributed by atoms with Gasteiger partial charge in [0.1, 0.15) is 6.04 Å². The Labute approximate surface area is 312 Å². The van der Waals surface area contributed by atoms with Crippen LogP contribution < -0.4 is 20.3 Å². The van der Waals surface area contributed by atoms with Crippen LogP contribution in [-0.4, -0.2) is 79.2 Å². The lowest BCUT2D eigenvalue weighted by Gasteiger charge is -2.29. The number of hydrogen-bond acceptors (Lipinski definition) is 10. The van der Waals surface area contributed by atoms with Gasteiger partial charge in [0.25, 0.3) is 21.8 Å². The molecule has 0 saturated carbocycles. The molecule has 0 unspecified atom stereocenters. The van der Waals surface area contributed by atoms with Crippen molar-refractivity contribution in [1.29, 1.82) is 0 Å². The number of aliphatic hydroxyl groups excluding tert-OH is 2. The van der Waals surface area contributed by atoms with Gasteiger partial charge in [-0.05, 0) is 67.6 Å². The summed E-state index contributed by atoms with van der Waals surface area (Å²) in [6, 6.07) is 26.8. The summed E-state index contributed by atoms with van der Waals surface area (Å²) < 4.78 is 29.0. The van der Waals surface area contributed by atoms with Crippen molar-refractivity contribution in [2.75, 3.05) is 30.1 Å². The number of rotatable bonds is 14. The molecule has 0 aromatic heterocycles. The molecule has 1 heterocycles. The Morgan fingerprint density at radius 3 is 2.38 bits per heavy atom. The zero-order valence-electron chi connectivity index (χ0n) is 29.0. The van der Waals surface area contributed by atoms with Crippen LogP contribution in [0.2, 0.25) is 0 Å². The van der Waals surface area contributed by atoms with Crippen LogP contribution in [0, 0.1) is 0 Å². The zero-order valence-corrected chi connectivity index (χ0v) is 31.5. The van der Waals surface area contributed by atoms with Gasteiger partial charge in [-0.1, -0.05) is 60.7 Å². The molecule has 0 aliphatic carbocycles. The van der Waals surface area contributed by atoms with E-state index in [0.717, 1.165) is 21.0 Å². The molecule has 11 nitrogen and oxygen atoms in total. The van der Waals surface area contributed by atoms with E-state index in [1.54, 1.807) is 65.2 Å². The number of nitrogens with zero attached hydrogens (tertiary/aromatic N) is 1. The van der Waals surface area contributed by atoms with Crippen molar-refractivity contribution < 1.29 is 33.0 Å². The number of fused-ring (bicyclic) bond motifs is 1. The minimum absolute atomic E-state index is 0.0394. The highest BCUT2D eigenvalue weighted by molar-refractivity contribution is 8.00. The molecular formula is C38H42N4O7S3. The lowest BCUT2D eigenvalue weighted by atomic mass is 9.99. The maximum absolute atomic E-state index is 14.2. The molecule has 5 N–H and O–H groups in total. The third-order valence-electron chi connectivity index (χ3n) is 8.44. The summed E-state index contributed by atoms with van der Waals surface area (Å²) in [6.45, 7) is 3.53. The van der Waals surface area contributed by atoms with E-state index < -0.39 is 40.2 Å². The first-order valence-corrected chi connectivity index (χ1v) is 20.3. The van der Waals surface area contributed by atoms with Gasteiger partial charge in [0, 0.05) is 45.2 Å². The molecule has 5 rings (SSSR count). The third-order valence-corrected chi connectivity index (χ3v) is 11.7. The Morgan fingerprint density at radius 2 is 1.69 bits per heavy atom. The highest BCUT2D eigenvalue weighted by Crippen LogP contribution is 2.38. The van der Waals surface area contributed by atoms with E-state index in [-0.39, 0.29) is 41.8 Å². The van der Waals surface area contributed by atoms with E-state index in [1.807, 2.05) is 50.4 Å². The summed E-state index contributed by atoms with van der Waals surface area (Å²) in [5.74, 6) is -1.01. The van der Waals surface area contributed by atoms with E-state index in [0.29, 0.717) is 16.9 Å². The molecule has 0 bridgehead atoms. The monoisotopic (exact) mass is 762 g/mol. The fraction of sp³-hybridized carbons (Fsp3) is 0.289. The molecule has 0 fully saturated rings. The molecule has 52 heavy (non-hydrogen) atoms. The Morgan fingerprint density at radius 1 is 1.00 bits per heavy atom. The van der Waals surface area contributed by atoms with E-state index in [9.17, 15) is 27.9 Å². The van der Waals surface area contributed by atoms with Crippen LogP contribution in [0.4, 0.5) is 5.69 Å². The Hall–Kier alpha value is -4.18. The van der Waals surface area contributed by atoms with Gasteiger partial charge in [0.15, 0.2) is 0 Å². The SMILES string of the molecule is CSc1ccc2c(c1)SC[C@@H](NC(=O)CC(C)(C)NC[C@H](O)CO)C(=O)N2Cc1ccc(-c2ccccc2S(=O)(=O)NC(=O)c2ccccc2)cc1. The van der Waals surface area contributed by atoms with E-state index in [4.69, 9.17) is 5.11 Å². The fourth-order valence-corrected chi connectivity index (χ4v) is 8.51. The first-order valence-electron chi connectivity index (χ1n) is 16.6. The molecule has 1 aliphatic rings. The second kappa shape index (κ2) is 17.1. The van der Waals surface area contributed by atoms with Crippen molar-refractivity contribution >= 4 is 57.0 Å². The normalized spacial score (nSPS) is 15.4. The topological polar surface area (TPSA) is 165 Å². The van der Waals surface area contributed by atoms with Gasteiger partial charge in [-0.2, -0.15) is 0 Å². The number of carbonyl (C=O) groups is 3. The molecular weight excluding hydrogens is 721 g/mol. The quantitative estimate of drug-likeness (QED) is 0.116. The minimum atomic E-state index is -4.22. The van der Waals surface area contributed by atoms with Crippen molar-refractivity contribution in [3.8, 4) is 11.1 Å². The van der Waals surface area contributed by atoms with Crippen molar-refractivity contribution in [2.45, 2.75) is 59.2 Å². The molecule has 0 spiro atoms. The molecule has 14 heteroatoms. The van der Waals surface area contributed by atoms with Crippen LogP contribution in [0.5, 0.6) is 0 Å². The highest BCUT2D eigenvalue weighted by atomic mass is 32.2. The number of β-amino-alcohol motifs (C(OH)–C–C–N with tert-alkyl or cyclic N) is 1. The number of carbonyl (C=O) groups excluding carboxylic acids is 3. The number of aliphatic hydroxyl groups is 2. The second-order valence-corrected chi connectivity index (χ2v) is 16.6. The minimum Gasteiger partial charge on any atom is -0.394 e. The van der Waals surface area contributed by atoms with E-state index in [1.165, 1.54) is 30.0 Å². The van der Waals surface area contributed by atoms with Crippen molar-refractivity contribution in [3.05, 3.63) is 108 Å². The van der Waals surface area contributed by atoms with Crippen molar-refractivity contribution in [1.82, 2.24) is 15.4 Å². The van der Waals surface area contributed by atoms with E-state index >= 15 is 0 Å². The summed E-state index contributed by atoms with van der Waals surface area (Å²) in [4.78, 5) is 43.7. The molecule has 274 valence electrons. The third kappa shape index (κ3) is 9.82. The van der Waals surface area contributed by atoms with Crippen LogP contribution in [0.15, 0.2) is 112 Å². The standard InChI is InChI=1S/C38H42N4O7S3/c1-38(2,39-21-28(44)23-43)20-35(45)40-31-24-51-33-19-29(50-3)17-18-32(33)42(37(31)47)22-25-13-15-26(16-14-25)30-11-7-8-12-34(30)52(48,49)41-36(46)27-9-5-4-6-10-27/h4-19,28,31,39,43-44H,20-24H2,1-3H3,(H,40,45)(H,41,46)/t28-,31+/m0/s1. The van der Waals surface area contributed by atoms with Gasteiger partial charge in [-0.3, -0.25) is 14.4 Å². The number of thioether (sulfide) groups is 2. The Balaban J connectivity index is 1.37. The number of amides is 3. The maximum Gasteiger partial charge on any atom is 0.264 e. The Kier molecular flexibility index (Phi) is 12.8. The van der Waals surface area contributed by atoms with Crippen LogP contribution >= 0.6 is 23.5 Å². The van der Waals surface area contributed by atoms with Gasteiger partial charge in [0.2, 0.25) is 5.91 Å². The number of anilines is 1. The summed E-state index contributed by atoms with van der Waals surface area (Å²) >= 11 is 3.09. The predicted molar refractivity (Wildman–Crippen MR) is 205 cm³/mol. The molecule has 0 saturated heterocycles. The average molecular weight is 763 g/mol. The zero-order chi connectivity index (χ0) is 37.5. The summed E-state index contributed by atoms with van der Waals surface area (Å²) in [5.41, 5.74) is 2.03. The van der Waals surface area contributed by atoms with Gasteiger partial charge in [-0.25, -0.2) is 13.1 Å². The van der Waals surface area contributed by atoms with Crippen LogP contribution in [0.25, 0.3) is 11.1 Å². The number of sulfonamides is 1. The molecule has 2 atom stereocenters. The van der Waals surface area contributed by atoms with Gasteiger partial charge in [-0.15, -0.1) is 23.5 Å². The van der Waals surface area contributed by atoms with Gasteiger partial charge in [0.05, 0.1) is 29.8 Å². The molecule has 3 amide bonds. The van der Waals surface area contributed by atoms with Crippen molar-refractivity contribution in [2.24, 2.45) is 0 Å². The van der Waals surface area contributed by atoms with Gasteiger partial charge < -0.3 is 25.7 Å². The van der Waals surface area contributed by atoms with E-state index in [2.05, 4.69) is 15.4 Å². The van der Waals surface area contributed by atoms with Crippen molar-refractivity contribution in [3.63, 3.8) is 0 Å². The molecule has 4 aromatic carbocycles. The first-order chi connectivity index (χ1) is 24.8. The molecule has 4 aromatic rings. The Bertz CT molecular complexity index is 2010. The van der Waals surface area contributed by atoms with Crippen LogP contribution in [-0.2, 0) is 26.2 Å². The van der Waals surface area contributed by atoms with Crippen LogP contribution in [0.3, 0.4) is 0 Å². The summed E-state index contributed by atoms with van der Waals surface area (Å²) in [7, 11) is -4.22. The molecule has 1 aliphatic heterocycles. The highest BCUT2D eigenvalue weighted by Gasteiger charge is 2.33. The number of benzene rings is 4. The number of nitrogens with one attached hydrogen (secondary N) is 3. The van der Waals surface area contributed by atoms with Crippen LogP contribution in [0.1, 0.15) is 36.2 Å². The lowest BCUT2D eigenvalue weighted by Crippen LogP contribution is -2.52. The van der Waals surface area contributed by atoms with Gasteiger partial charge >= 0.3 is 0 Å². The number of hydrogen-bond donors (Lipinski definition) is 5. The summed E-state index contributed by atoms with van der Waals surface area (Å²) in [6.07, 6.45) is 1.06. The predicted octanol–water partition coefficient (Wildman–Crippen LogP) is 4.43. The lowest BCUT2D eigenvalue weighted by molar-refractivity contribution is -0.128. The fourth-order valence-electron chi connectivity index (χ4n) is 5.68. The first kappa shape index (κ1) is 39.0. The summed E-state index contributed by atoms with van der Waals surface area (Å²) in [5, 5.41) is 24.9. The average Bonchev–Trinajstić information content (AvgIpc) is 3.26. The second-order valence-electron chi connectivity index (χ2n) is 13.0. The maximum atomic E-state index is 14.2. The smallest absolute Gasteiger partial charge is 0.264 e. The molecule has 0 radical (unpaired) electrons.